The first-order chi connectivity index (χ1) is 56.7. The van der Waals surface area contributed by atoms with E-state index >= 15 is 0 Å². The van der Waals surface area contributed by atoms with Crippen LogP contribution in [-0.2, 0) is 16.2 Å². The second kappa shape index (κ2) is 26.9. The van der Waals surface area contributed by atoms with Gasteiger partial charge in [0.1, 0.15) is 85.8 Å². The van der Waals surface area contributed by atoms with E-state index in [1.54, 1.807) is 0 Å². The van der Waals surface area contributed by atoms with Crippen LogP contribution in [0.15, 0.2) is 271 Å². The van der Waals surface area contributed by atoms with Crippen molar-refractivity contribution in [1.82, 2.24) is 14.1 Å². The minimum absolute atomic E-state index is 0.0889. The Balaban J connectivity index is 0.894. The summed E-state index contributed by atoms with van der Waals surface area (Å²) in [5.41, 5.74) is 28.4. The maximum atomic E-state index is 7.71. The molecule has 118 heavy (non-hydrogen) atoms. The van der Waals surface area contributed by atoms with Gasteiger partial charge in [-0.15, -0.1) is 21.9 Å². The molecule has 4 aliphatic rings. The van der Waals surface area contributed by atoms with E-state index in [-0.39, 0.29) is 73.4 Å². The summed E-state index contributed by atoms with van der Waals surface area (Å²) >= 11 is 1.81. The van der Waals surface area contributed by atoms with Crippen LogP contribution in [0.5, 0.6) is 23.0 Å². The molecule has 0 N–H and O–H groups in total. The number of rotatable bonds is 8. The second-order valence-corrected chi connectivity index (χ2v) is 36.2. The van der Waals surface area contributed by atoms with E-state index in [0.717, 1.165) is 155 Å². The van der Waals surface area contributed by atoms with Crippen LogP contribution < -0.4 is 90.9 Å². The standard InChI is InChI=1S/C101H70B10N4O2S/c1-99(2,3)60-29-35-74-67(48-60)68-49-61(100(4,5)6)30-36-75(68)113(74)63-32-34-72-81(51-63)118-82-47-59(66-52-80-95-98(83(66)65-24-16-17-25-69(65)101(7,8)9)117-78-27-19-18-26-71(78)111(95)73-45-56(28-37-79(73)116-80)55-38-40-112-41-39-55)46-77-94(82)110(72)70-33-31-62(115-96-84(86(102)88(104)90(106)92(96)108)85-87(103)89(105)91(107)93(109)97(85)115)50-76(70)114(77)64-43-57(53-20-12-10-13-21-53)42-58(44-64)54-22-14-11-15-23-54/h10-52H,1-9H3. The van der Waals surface area contributed by atoms with Gasteiger partial charge in [0.2, 0.25) is 6.71 Å². The molecule has 542 valence electrons. The molecule has 3 aromatic heterocycles. The van der Waals surface area contributed by atoms with Crippen LogP contribution >= 0.6 is 11.8 Å². The van der Waals surface area contributed by atoms with Crippen molar-refractivity contribution in [2.24, 2.45) is 0 Å². The van der Waals surface area contributed by atoms with Gasteiger partial charge in [-0.2, -0.15) is 0 Å². The summed E-state index contributed by atoms with van der Waals surface area (Å²) in [5.74, 6) is 2.99. The average Bonchev–Trinajstić information content (AvgIpc) is 1.34. The number of fused-ring (bicyclic) bond motifs is 14. The van der Waals surface area contributed by atoms with Crippen molar-refractivity contribution in [3.8, 4) is 90.0 Å². The fourth-order valence-electron chi connectivity index (χ4n) is 19.0. The molecular formula is C101H70B10N4O2S. The topological polar surface area (TPSA) is 44.4 Å². The quantitative estimate of drug-likeness (QED) is 0.142. The molecule has 6 nitrogen and oxygen atoms in total. The molecule has 21 rings (SSSR count). The summed E-state index contributed by atoms with van der Waals surface area (Å²) < 4.78 is 19.7. The van der Waals surface area contributed by atoms with Gasteiger partial charge in [-0.1, -0.05) is 241 Å². The van der Waals surface area contributed by atoms with E-state index in [4.69, 9.17) is 72.2 Å². The number of para-hydroxylation sites is 1. The molecule has 0 fully saturated rings. The third-order valence-electron chi connectivity index (χ3n) is 25.0. The van der Waals surface area contributed by atoms with E-state index in [1.165, 1.54) is 21.9 Å². The van der Waals surface area contributed by atoms with Crippen molar-refractivity contribution >= 4 is 225 Å². The van der Waals surface area contributed by atoms with Gasteiger partial charge in [-0.25, -0.2) is 0 Å². The van der Waals surface area contributed by atoms with Crippen LogP contribution in [0.2, 0.25) is 0 Å². The molecule has 0 bridgehead atoms. The molecule has 17 heteroatoms. The van der Waals surface area contributed by atoms with Gasteiger partial charge in [0.25, 0.3) is 6.71 Å². The zero-order valence-electron chi connectivity index (χ0n) is 67.1. The second-order valence-electron chi connectivity index (χ2n) is 35.1. The summed E-state index contributed by atoms with van der Waals surface area (Å²) in [4.78, 5) is 9.05. The van der Waals surface area contributed by atoms with Crippen molar-refractivity contribution in [2.75, 3.05) is 4.90 Å². The van der Waals surface area contributed by atoms with Gasteiger partial charge in [-0.3, -0.25) is 4.98 Å². The van der Waals surface area contributed by atoms with Crippen LogP contribution in [0.1, 0.15) is 79.0 Å². The lowest BCUT2D eigenvalue weighted by Crippen LogP contribution is -2.59. The first-order valence-corrected chi connectivity index (χ1v) is 41.0. The van der Waals surface area contributed by atoms with E-state index in [9.17, 15) is 0 Å². The Bertz CT molecular complexity index is 7020. The van der Waals surface area contributed by atoms with Crippen LogP contribution in [0.4, 0.5) is 17.1 Å². The lowest BCUT2D eigenvalue weighted by atomic mass is 9.34. The lowest BCUT2D eigenvalue weighted by molar-refractivity contribution is 0.466. The Morgan fingerprint density at radius 1 is 0.339 bits per heavy atom. The Kier molecular flexibility index (Phi) is 16.8. The van der Waals surface area contributed by atoms with Gasteiger partial charge in [0.05, 0.1) is 11.0 Å². The van der Waals surface area contributed by atoms with Crippen LogP contribution in [-0.4, -0.2) is 90.3 Å². The minimum atomic E-state index is -0.369. The molecule has 0 atom stereocenters. The smallest absolute Gasteiger partial charge is 0.260 e. The lowest BCUT2D eigenvalue weighted by Gasteiger charge is -2.41. The zero-order chi connectivity index (χ0) is 81.2. The first kappa shape index (κ1) is 73.8. The number of aromatic nitrogens is 3. The molecule has 17 aromatic rings. The predicted octanol–water partition coefficient (Wildman–Crippen LogP) is 13.3. The average molecular weight is 1510 g/mol. The Labute approximate surface area is 704 Å². The Morgan fingerprint density at radius 3 is 1.51 bits per heavy atom. The summed E-state index contributed by atoms with van der Waals surface area (Å²) in [6.07, 6.45) is 3.69. The Morgan fingerprint density at radius 2 is 0.890 bits per heavy atom. The normalized spacial score (nSPS) is 13.3. The number of pyridine rings is 1. The predicted molar refractivity (Wildman–Crippen MR) is 507 cm³/mol. The molecule has 0 spiro atoms. The highest BCUT2D eigenvalue weighted by Gasteiger charge is 2.46. The number of nitrogens with zero attached hydrogens (tertiary/aromatic N) is 4. The number of hydrogen-bond acceptors (Lipinski definition) is 5. The monoisotopic (exact) mass is 1510 g/mol. The van der Waals surface area contributed by atoms with Gasteiger partial charge < -0.3 is 23.5 Å². The maximum absolute atomic E-state index is 7.71. The highest BCUT2D eigenvalue weighted by Crippen LogP contribution is 2.53. The first-order valence-electron chi connectivity index (χ1n) is 40.2. The van der Waals surface area contributed by atoms with E-state index < -0.39 is 0 Å². The molecule has 0 unspecified atom stereocenters. The molecule has 0 amide bonds. The van der Waals surface area contributed by atoms with E-state index in [1.807, 2.05) is 28.7 Å². The van der Waals surface area contributed by atoms with Crippen molar-refractivity contribution in [2.45, 2.75) is 88.3 Å². The summed E-state index contributed by atoms with van der Waals surface area (Å²) in [6.45, 7) is 20.0. The summed E-state index contributed by atoms with van der Waals surface area (Å²) in [7, 11) is 56.7. The van der Waals surface area contributed by atoms with E-state index in [2.05, 4.69) is 325 Å². The minimum Gasteiger partial charge on any atom is -0.458 e. The van der Waals surface area contributed by atoms with Crippen LogP contribution in [0.25, 0.3) is 111 Å². The molecule has 14 aromatic carbocycles. The molecule has 0 aliphatic carbocycles. The fraction of sp³-hybridized carbons (Fsp3) is 0.119. The highest BCUT2D eigenvalue weighted by molar-refractivity contribution is 8.00. The van der Waals surface area contributed by atoms with Gasteiger partial charge in [0.15, 0.2) is 0 Å². The summed E-state index contributed by atoms with van der Waals surface area (Å²) in [5, 5.41) is 3.32. The molecule has 0 saturated carbocycles. The van der Waals surface area contributed by atoms with Crippen LogP contribution in [0.3, 0.4) is 0 Å². The van der Waals surface area contributed by atoms with Crippen LogP contribution in [0, 0.1) is 0 Å². The van der Waals surface area contributed by atoms with Gasteiger partial charge in [-0.05, 0) is 225 Å². The van der Waals surface area contributed by atoms with Gasteiger partial charge in [0, 0.05) is 83.5 Å². The third-order valence-corrected chi connectivity index (χ3v) is 26.1. The van der Waals surface area contributed by atoms with Gasteiger partial charge >= 0.3 is 0 Å². The van der Waals surface area contributed by atoms with Crippen molar-refractivity contribution < 1.29 is 9.47 Å². The molecule has 7 heterocycles. The third kappa shape index (κ3) is 11.3. The highest BCUT2D eigenvalue weighted by atomic mass is 32.2. The molecule has 16 radical (unpaired) electrons. The number of anilines is 3. The molecule has 0 saturated heterocycles. The zero-order valence-corrected chi connectivity index (χ0v) is 67.9. The van der Waals surface area contributed by atoms with Crippen molar-refractivity contribution in [3.05, 3.63) is 278 Å². The SMILES string of the molecule is [B]c1c([B])c([B])c2c(c1[B])c1c([B])c([B])c([B])c([B])c1n2-c1ccc2c(c1)N(c1cc(-c3ccccc3)cc(-c3ccccc3)c1)c1cc(-c3cc4c5c(c3-c3ccccc3C(C)(C)C)Oc3ccccc3B5c3cc(-c5ccncc5)ccc3O4)cc3c1B2c1ccc(-n2c4ccc(C(C)(C)C)cc4c4cc(C(C)(C)C)ccc42)cc1S3. The fourth-order valence-corrected chi connectivity index (χ4v) is 20.3. The number of benzene rings is 14. The number of ether oxygens (including phenoxy) is 2. The van der Waals surface area contributed by atoms with E-state index in [0.29, 0.717) is 33.2 Å². The molecular weight excluding hydrogens is 1440 g/mol. The maximum Gasteiger partial charge on any atom is 0.260 e. The summed E-state index contributed by atoms with van der Waals surface area (Å²) in [6, 6.07) is 91.3. The number of hydrogen-bond donors (Lipinski definition) is 0. The van der Waals surface area contributed by atoms with Crippen molar-refractivity contribution in [3.63, 3.8) is 0 Å². The largest absolute Gasteiger partial charge is 0.458 e. The molecule has 4 aliphatic heterocycles. The van der Waals surface area contributed by atoms with Crippen molar-refractivity contribution in [1.29, 1.82) is 0 Å². The Hall–Kier alpha value is -11.8.